The van der Waals surface area contributed by atoms with Crippen molar-refractivity contribution in [2.24, 2.45) is 0 Å². The van der Waals surface area contributed by atoms with Gasteiger partial charge in [-0.1, -0.05) is 67.6 Å². The molecule has 4 nitrogen and oxygen atoms in total. The Labute approximate surface area is 158 Å². The summed E-state index contributed by atoms with van der Waals surface area (Å²) in [6.07, 6.45) is -0.751. The Kier molecular flexibility index (Phi) is 4.25. The van der Waals surface area contributed by atoms with Gasteiger partial charge >= 0.3 is 0 Å². The van der Waals surface area contributed by atoms with E-state index < -0.39 is 17.9 Å². The van der Waals surface area contributed by atoms with Crippen LogP contribution in [-0.2, 0) is 5.72 Å². The standard InChI is InChI=1S/C23H23NO3/c1-3-21(25)23(27)20-14-7-6-12-19(20)22(26)24(23)15(2)17-13-8-10-16-9-4-5-11-18(16)17/h4-15,21,25,27H,3H2,1-2H3. The van der Waals surface area contributed by atoms with Crippen molar-refractivity contribution in [3.05, 3.63) is 83.4 Å². The molecule has 1 heterocycles. The van der Waals surface area contributed by atoms with Crippen LogP contribution in [0.1, 0.15) is 47.8 Å². The number of benzene rings is 3. The van der Waals surface area contributed by atoms with Crippen LogP contribution < -0.4 is 0 Å². The lowest BCUT2D eigenvalue weighted by Gasteiger charge is -2.41. The molecule has 0 radical (unpaired) electrons. The molecule has 0 fully saturated rings. The van der Waals surface area contributed by atoms with Crippen LogP contribution in [0.2, 0.25) is 0 Å². The molecule has 0 spiro atoms. The summed E-state index contributed by atoms with van der Waals surface area (Å²) in [6.45, 7) is 3.70. The molecule has 4 heteroatoms. The normalized spacial score (nSPS) is 21.3. The van der Waals surface area contributed by atoms with E-state index in [4.69, 9.17) is 0 Å². The summed E-state index contributed by atoms with van der Waals surface area (Å²) < 4.78 is 0. The summed E-state index contributed by atoms with van der Waals surface area (Å²) in [7, 11) is 0. The average Bonchev–Trinajstić information content (AvgIpc) is 2.95. The van der Waals surface area contributed by atoms with E-state index >= 15 is 0 Å². The lowest BCUT2D eigenvalue weighted by Crippen LogP contribution is -2.52. The summed E-state index contributed by atoms with van der Waals surface area (Å²) in [4.78, 5) is 14.7. The first-order valence-electron chi connectivity index (χ1n) is 9.31. The number of carbonyl (C=O) groups excluding carboxylic acids is 1. The Morgan fingerprint density at radius 1 is 1.00 bits per heavy atom. The van der Waals surface area contributed by atoms with Gasteiger partial charge in [0.2, 0.25) is 0 Å². The summed E-state index contributed by atoms with van der Waals surface area (Å²) in [5, 5.41) is 24.4. The molecule has 1 aliphatic heterocycles. The van der Waals surface area contributed by atoms with E-state index in [-0.39, 0.29) is 5.91 Å². The number of carbonyl (C=O) groups is 1. The van der Waals surface area contributed by atoms with Crippen molar-refractivity contribution >= 4 is 16.7 Å². The fourth-order valence-electron chi connectivity index (χ4n) is 4.25. The maximum absolute atomic E-state index is 13.2. The third kappa shape index (κ3) is 2.48. The van der Waals surface area contributed by atoms with Gasteiger partial charge in [0.05, 0.1) is 6.04 Å². The minimum atomic E-state index is -1.75. The molecule has 3 aromatic rings. The van der Waals surface area contributed by atoms with Crippen molar-refractivity contribution in [1.29, 1.82) is 0 Å². The number of hydrogen-bond acceptors (Lipinski definition) is 3. The molecule has 3 unspecified atom stereocenters. The summed E-state index contributed by atoms with van der Waals surface area (Å²) in [5.74, 6) is -0.263. The van der Waals surface area contributed by atoms with Gasteiger partial charge in [-0.2, -0.15) is 0 Å². The minimum Gasteiger partial charge on any atom is -0.388 e. The quantitative estimate of drug-likeness (QED) is 0.739. The van der Waals surface area contributed by atoms with Gasteiger partial charge in [0.25, 0.3) is 5.91 Å². The molecule has 0 bridgehead atoms. The molecule has 0 saturated carbocycles. The highest BCUT2D eigenvalue weighted by Gasteiger charge is 2.54. The zero-order valence-electron chi connectivity index (χ0n) is 15.5. The number of hydrogen-bond donors (Lipinski definition) is 2. The third-order valence-corrected chi connectivity index (χ3v) is 5.65. The maximum Gasteiger partial charge on any atom is 0.257 e. The number of amides is 1. The van der Waals surface area contributed by atoms with E-state index in [9.17, 15) is 15.0 Å². The molecule has 1 aliphatic rings. The average molecular weight is 361 g/mol. The molecule has 0 aromatic heterocycles. The topological polar surface area (TPSA) is 60.8 Å². The van der Waals surface area contributed by atoms with Crippen LogP contribution in [0.4, 0.5) is 0 Å². The van der Waals surface area contributed by atoms with Crippen LogP contribution in [0.15, 0.2) is 66.7 Å². The molecule has 138 valence electrons. The number of aliphatic hydroxyl groups is 2. The molecule has 27 heavy (non-hydrogen) atoms. The van der Waals surface area contributed by atoms with E-state index in [1.807, 2.05) is 49.4 Å². The summed E-state index contributed by atoms with van der Waals surface area (Å²) in [6, 6.07) is 20.5. The van der Waals surface area contributed by atoms with Gasteiger partial charge < -0.3 is 10.2 Å². The molecule has 2 N–H and O–H groups in total. The summed E-state index contributed by atoms with van der Waals surface area (Å²) >= 11 is 0. The van der Waals surface area contributed by atoms with Gasteiger partial charge in [0, 0.05) is 11.1 Å². The molecule has 3 atom stereocenters. The Hall–Kier alpha value is -2.69. The first-order chi connectivity index (χ1) is 13.0. The smallest absolute Gasteiger partial charge is 0.257 e. The predicted molar refractivity (Wildman–Crippen MR) is 105 cm³/mol. The molecular formula is C23H23NO3. The van der Waals surface area contributed by atoms with Gasteiger partial charge in [0.1, 0.15) is 6.10 Å². The zero-order valence-corrected chi connectivity index (χ0v) is 15.5. The fraction of sp³-hybridized carbons (Fsp3) is 0.261. The fourth-order valence-corrected chi connectivity index (χ4v) is 4.25. The van der Waals surface area contributed by atoms with Crippen molar-refractivity contribution in [2.75, 3.05) is 0 Å². The predicted octanol–water partition coefficient (Wildman–Crippen LogP) is 3.97. The molecule has 4 rings (SSSR count). The highest BCUT2D eigenvalue weighted by molar-refractivity contribution is 6.00. The van der Waals surface area contributed by atoms with Crippen molar-refractivity contribution in [2.45, 2.75) is 38.1 Å². The highest BCUT2D eigenvalue weighted by atomic mass is 16.4. The van der Waals surface area contributed by atoms with E-state index in [1.165, 1.54) is 4.90 Å². The first kappa shape index (κ1) is 17.7. The number of aliphatic hydroxyl groups excluding tert-OH is 1. The Bertz CT molecular complexity index is 1010. The van der Waals surface area contributed by atoms with Crippen LogP contribution in [0.3, 0.4) is 0 Å². The van der Waals surface area contributed by atoms with Gasteiger partial charge in [-0.25, -0.2) is 0 Å². The zero-order chi connectivity index (χ0) is 19.2. The second-order valence-electron chi connectivity index (χ2n) is 7.12. The van der Waals surface area contributed by atoms with Gasteiger partial charge in [-0.05, 0) is 35.7 Å². The Balaban J connectivity index is 1.90. The first-order valence-corrected chi connectivity index (χ1v) is 9.31. The molecular weight excluding hydrogens is 338 g/mol. The van der Waals surface area contributed by atoms with Crippen molar-refractivity contribution in [1.82, 2.24) is 4.90 Å². The number of rotatable bonds is 4. The van der Waals surface area contributed by atoms with Crippen LogP contribution in [0.25, 0.3) is 10.8 Å². The highest BCUT2D eigenvalue weighted by Crippen LogP contribution is 2.46. The van der Waals surface area contributed by atoms with Gasteiger partial charge in [0.15, 0.2) is 5.72 Å². The van der Waals surface area contributed by atoms with Crippen LogP contribution >= 0.6 is 0 Å². The molecule has 1 amide bonds. The van der Waals surface area contributed by atoms with Crippen molar-refractivity contribution in [3.63, 3.8) is 0 Å². The van der Waals surface area contributed by atoms with Gasteiger partial charge in [-0.3, -0.25) is 9.69 Å². The molecule has 0 aliphatic carbocycles. The van der Waals surface area contributed by atoms with Crippen molar-refractivity contribution < 1.29 is 15.0 Å². The Morgan fingerprint density at radius 2 is 1.67 bits per heavy atom. The van der Waals surface area contributed by atoms with Crippen LogP contribution in [0.5, 0.6) is 0 Å². The summed E-state index contributed by atoms with van der Waals surface area (Å²) in [5.41, 5.74) is 0.103. The lowest BCUT2D eigenvalue weighted by atomic mass is 9.92. The molecule has 0 saturated heterocycles. The second-order valence-corrected chi connectivity index (χ2v) is 7.12. The Morgan fingerprint density at radius 3 is 2.44 bits per heavy atom. The lowest BCUT2D eigenvalue weighted by molar-refractivity contribution is -0.174. The SMILES string of the molecule is CCC(O)C1(O)c2ccccc2C(=O)N1C(C)c1cccc2ccccc12. The third-order valence-electron chi connectivity index (χ3n) is 5.65. The minimum absolute atomic E-state index is 0.263. The van der Waals surface area contributed by atoms with Gasteiger partial charge in [-0.15, -0.1) is 0 Å². The number of nitrogens with zero attached hydrogens (tertiary/aromatic N) is 1. The second kappa shape index (κ2) is 6.48. The van der Waals surface area contributed by atoms with E-state index in [2.05, 4.69) is 0 Å². The van der Waals surface area contributed by atoms with Crippen LogP contribution in [-0.4, -0.2) is 27.1 Å². The number of fused-ring (bicyclic) bond motifs is 2. The van der Waals surface area contributed by atoms with E-state index in [0.717, 1.165) is 16.3 Å². The van der Waals surface area contributed by atoms with E-state index in [1.54, 1.807) is 31.2 Å². The maximum atomic E-state index is 13.2. The molecule has 3 aromatic carbocycles. The van der Waals surface area contributed by atoms with E-state index in [0.29, 0.717) is 17.5 Å². The largest absolute Gasteiger partial charge is 0.388 e. The van der Waals surface area contributed by atoms with Crippen LogP contribution in [0, 0.1) is 0 Å². The van der Waals surface area contributed by atoms with Crippen molar-refractivity contribution in [3.8, 4) is 0 Å². The monoisotopic (exact) mass is 361 g/mol.